The molecular weight excluding hydrogens is 282 g/mol. The maximum Gasteiger partial charge on any atom is 0.130 e. The molecule has 0 spiro atoms. The number of hydrogen-bond acceptors (Lipinski definition) is 2. The Morgan fingerprint density at radius 1 is 0.857 bits per heavy atom. The largest absolute Gasteiger partial charge is 0.379 e. The summed E-state index contributed by atoms with van der Waals surface area (Å²) >= 11 is 0. The van der Waals surface area contributed by atoms with Crippen molar-refractivity contribution in [3.8, 4) is 0 Å². The summed E-state index contributed by atoms with van der Waals surface area (Å²) < 4.78 is 0. The lowest BCUT2D eigenvalue weighted by Gasteiger charge is -2.40. The number of benzene rings is 2. The van der Waals surface area contributed by atoms with E-state index >= 15 is 0 Å². The SMILES string of the molecule is Cl.OC(c1ccccc1)(c1ccccc1)C1CCCCN1. The van der Waals surface area contributed by atoms with E-state index in [1.165, 1.54) is 12.8 Å². The van der Waals surface area contributed by atoms with E-state index in [1.807, 2.05) is 60.7 Å². The summed E-state index contributed by atoms with van der Waals surface area (Å²) in [5, 5.41) is 15.0. The maximum atomic E-state index is 11.5. The third-order valence-electron chi connectivity index (χ3n) is 4.24. The lowest BCUT2D eigenvalue weighted by atomic mass is 9.77. The first-order chi connectivity index (χ1) is 9.82. The van der Waals surface area contributed by atoms with Crippen LogP contribution in [0.5, 0.6) is 0 Å². The highest BCUT2D eigenvalue weighted by Crippen LogP contribution is 2.36. The zero-order chi connectivity index (χ0) is 13.8. The van der Waals surface area contributed by atoms with Crippen molar-refractivity contribution in [3.05, 3.63) is 71.8 Å². The topological polar surface area (TPSA) is 32.3 Å². The molecule has 0 aromatic heterocycles. The van der Waals surface area contributed by atoms with Gasteiger partial charge in [0.2, 0.25) is 0 Å². The molecule has 21 heavy (non-hydrogen) atoms. The molecule has 0 radical (unpaired) electrons. The van der Waals surface area contributed by atoms with Gasteiger partial charge in [0.1, 0.15) is 5.60 Å². The van der Waals surface area contributed by atoms with Crippen molar-refractivity contribution < 1.29 is 5.11 Å². The summed E-state index contributed by atoms with van der Waals surface area (Å²) in [6, 6.07) is 20.1. The molecule has 0 bridgehead atoms. The van der Waals surface area contributed by atoms with E-state index in [1.54, 1.807) is 0 Å². The van der Waals surface area contributed by atoms with Crippen molar-refractivity contribution in [2.45, 2.75) is 30.9 Å². The molecule has 2 aromatic rings. The van der Waals surface area contributed by atoms with Crippen molar-refractivity contribution in [1.82, 2.24) is 5.32 Å². The predicted octanol–water partition coefficient (Wildman–Crippen LogP) is 3.49. The van der Waals surface area contributed by atoms with Crippen LogP contribution in [0, 0.1) is 0 Å². The number of nitrogens with one attached hydrogen (secondary N) is 1. The van der Waals surface area contributed by atoms with E-state index in [0.29, 0.717) is 0 Å². The molecule has 1 atom stereocenters. The number of aliphatic hydroxyl groups is 1. The van der Waals surface area contributed by atoms with Crippen LogP contribution in [0.1, 0.15) is 30.4 Å². The van der Waals surface area contributed by atoms with Crippen LogP contribution in [0.2, 0.25) is 0 Å². The Labute approximate surface area is 132 Å². The Hall–Kier alpha value is -1.35. The maximum absolute atomic E-state index is 11.5. The first-order valence-corrected chi connectivity index (χ1v) is 7.38. The van der Waals surface area contributed by atoms with Gasteiger partial charge >= 0.3 is 0 Å². The number of hydrogen-bond donors (Lipinski definition) is 2. The van der Waals surface area contributed by atoms with Gasteiger partial charge in [0.15, 0.2) is 0 Å². The molecule has 1 saturated heterocycles. The molecule has 1 aliphatic heterocycles. The average molecular weight is 304 g/mol. The molecule has 1 aliphatic rings. The van der Waals surface area contributed by atoms with Crippen molar-refractivity contribution in [1.29, 1.82) is 0 Å². The highest BCUT2D eigenvalue weighted by atomic mass is 35.5. The summed E-state index contributed by atoms with van der Waals surface area (Å²) in [5.74, 6) is 0. The lowest BCUT2D eigenvalue weighted by molar-refractivity contribution is 0.0268. The monoisotopic (exact) mass is 303 g/mol. The van der Waals surface area contributed by atoms with Crippen LogP contribution in [0.4, 0.5) is 0 Å². The second-order valence-electron chi connectivity index (χ2n) is 5.50. The Morgan fingerprint density at radius 2 is 1.38 bits per heavy atom. The number of rotatable bonds is 3. The van der Waals surface area contributed by atoms with E-state index in [-0.39, 0.29) is 18.4 Å². The van der Waals surface area contributed by atoms with Crippen LogP contribution in [0.25, 0.3) is 0 Å². The van der Waals surface area contributed by atoms with Gasteiger partial charge in [-0.1, -0.05) is 67.1 Å². The number of halogens is 1. The van der Waals surface area contributed by atoms with Gasteiger partial charge in [0.25, 0.3) is 0 Å². The second-order valence-corrected chi connectivity index (χ2v) is 5.50. The smallest absolute Gasteiger partial charge is 0.130 e. The molecule has 2 N–H and O–H groups in total. The molecule has 0 saturated carbocycles. The summed E-state index contributed by atoms with van der Waals surface area (Å²) in [4.78, 5) is 0. The fourth-order valence-corrected chi connectivity index (χ4v) is 3.16. The number of piperidine rings is 1. The molecule has 0 aliphatic carbocycles. The van der Waals surface area contributed by atoms with Gasteiger partial charge in [0.05, 0.1) is 0 Å². The zero-order valence-electron chi connectivity index (χ0n) is 12.0. The van der Waals surface area contributed by atoms with Gasteiger partial charge in [-0.2, -0.15) is 0 Å². The molecule has 1 heterocycles. The molecule has 1 unspecified atom stereocenters. The van der Waals surface area contributed by atoms with Crippen molar-refractivity contribution in [2.24, 2.45) is 0 Å². The molecule has 3 heteroatoms. The predicted molar refractivity (Wildman–Crippen MR) is 88.8 cm³/mol. The molecule has 2 nitrogen and oxygen atoms in total. The molecule has 3 rings (SSSR count). The van der Waals surface area contributed by atoms with E-state index in [4.69, 9.17) is 0 Å². The molecule has 1 fully saturated rings. The molecule has 112 valence electrons. The van der Waals surface area contributed by atoms with E-state index in [2.05, 4.69) is 5.32 Å². The van der Waals surface area contributed by atoms with Crippen LogP contribution in [-0.4, -0.2) is 17.7 Å². The minimum Gasteiger partial charge on any atom is -0.379 e. The van der Waals surface area contributed by atoms with E-state index in [9.17, 15) is 5.11 Å². The first-order valence-electron chi connectivity index (χ1n) is 7.38. The van der Waals surface area contributed by atoms with E-state index < -0.39 is 5.60 Å². The molecule has 2 aromatic carbocycles. The zero-order valence-corrected chi connectivity index (χ0v) is 12.9. The van der Waals surface area contributed by atoms with Crippen molar-refractivity contribution in [2.75, 3.05) is 6.54 Å². The van der Waals surface area contributed by atoms with Crippen molar-refractivity contribution >= 4 is 12.4 Å². The molecule has 0 amide bonds. The van der Waals surface area contributed by atoms with Gasteiger partial charge in [-0.25, -0.2) is 0 Å². The Bertz CT molecular complexity index is 498. The summed E-state index contributed by atoms with van der Waals surface area (Å²) in [6.07, 6.45) is 3.36. The Kier molecular flexibility index (Phi) is 5.40. The van der Waals surface area contributed by atoms with Crippen LogP contribution in [0.3, 0.4) is 0 Å². The fraction of sp³-hybridized carbons (Fsp3) is 0.333. The first kappa shape index (κ1) is 16.0. The van der Waals surface area contributed by atoms with E-state index in [0.717, 1.165) is 24.1 Å². The Balaban J connectivity index is 0.00000161. The van der Waals surface area contributed by atoms with Crippen LogP contribution in [-0.2, 0) is 5.60 Å². The summed E-state index contributed by atoms with van der Waals surface area (Å²) in [7, 11) is 0. The highest BCUT2D eigenvalue weighted by Gasteiger charge is 2.40. The molecular formula is C18H22ClNO. The second kappa shape index (κ2) is 7.08. The quantitative estimate of drug-likeness (QED) is 0.910. The van der Waals surface area contributed by atoms with Crippen LogP contribution in [0.15, 0.2) is 60.7 Å². The van der Waals surface area contributed by atoms with Gasteiger partial charge in [-0.3, -0.25) is 0 Å². The van der Waals surface area contributed by atoms with Gasteiger partial charge in [-0.05, 0) is 30.5 Å². The van der Waals surface area contributed by atoms with Gasteiger partial charge in [0, 0.05) is 6.04 Å². The third kappa shape index (κ3) is 3.13. The van der Waals surface area contributed by atoms with Crippen LogP contribution >= 0.6 is 12.4 Å². The minimum absolute atomic E-state index is 0. The Morgan fingerprint density at radius 3 is 1.81 bits per heavy atom. The summed E-state index contributed by atoms with van der Waals surface area (Å²) in [5.41, 5.74) is 0.972. The fourth-order valence-electron chi connectivity index (χ4n) is 3.16. The van der Waals surface area contributed by atoms with Gasteiger partial charge < -0.3 is 10.4 Å². The normalized spacial score (nSPS) is 18.8. The highest BCUT2D eigenvalue weighted by molar-refractivity contribution is 5.85. The average Bonchev–Trinajstić information content (AvgIpc) is 2.56. The lowest BCUT2D eigenvalue weighted by Crippen LogP contribution is -2.51. The third-order valence-corrected chi connectivity index (χ3v) is 4.24. The minimum atomic E-state index is -0.955. The standard InChI is InChI=1S/C18H21NO.ClH/c20-18(15-9-3-1-4-10-15,16-11-5-2-6-12-16)17-13-7-8-14-19-17;/h1-6,9-12,17,19-20H,7-8,13-14H2;1H. The van der Waals surface area contributed by atoms with Crippen LogP contribution < -0.4 is 5.32 Å². The summed E-state index contributed by atoms with van der Waals surface area (Å²) in [6.45, 7) is 0.979. The van der Waals surface area contributed by atoms with Gasteiger partial charge in [-0.15, -0.1) is 12.4 Å². The van der Waals surface area contributed by atoms with Crippen molar-refractivity contribution in [3.63, 3.8) is 0 Å².